The van der Waals surface area contributed by atoms with Crippen molar-refractivity contribution in [1.29, 1.82) is 0 Å². The summed E-state index contributed by atoms with van der Waals surface area (Å²) < 4.78 is 17.9. The second-order valence-corrected chi connectivity index (χ2v) is 12.6. The molecule has 0 amide bonds. The Balaban J connectivity index is 1.97. The van der Waals surface area contributed by atoms with Gasteiger partial charge < -0.3 is 19.0 Å². The molecule has 1 aliphatic heterocycles. The van der Waals surface area contributed by atoms with Crippen molar-refractivity contribution in [3.63, 3.8) is 0 Å². The summed E-state index contributed by atoms with van der Waals surface area (Å²) in [5, 5.41) is 10.4. The highest BCUT2D eigenvalue weighted by atomic mass is 28.4. The minimum Gasteiger partial charge on any atom is -0.493 e. The molecule has 3 atom stereocenters. The summed E-state index contributed by atoms with van der Waals surface area (Å²) in [5.74, 6) is 0. The summed E-state index contributed by atoms with van der Waals surface area (Å²) >= 11 is 0. The average molecular weight is 351 g/mol. The van der Waals surface area contributed by atoms with Crippen LogP contribution in [0.5, 0.6) is 0 Å². The van der Waals surface area contributed by atoms with Crippen LogP contribution in [0.25, 0.3) is 0 Å². The molecule has 1 aliphatic rings. The van der Waals surface area contributed by atoms with E-state index in [-0.39, 0.29) is 11.1 Å². The van der Waals surface area contributed by atoms with E-state index in [9.17, 15) is 5.11 Å². The molecule has 1 N–H and O–H groups in total. The number of benzene rings is 1. The van der Waals surface area contributed by atoms with Gasteiger partial charge in [-0.1, -0.05) is 51.1 Å². The number of hydrogen-bond donors (Lipinski definition) is 1. The summed E-state index contributed by atoms with van der Waals surface area (Å²) in [6.07, 6.45) is 1.75. The number of ether oxygens (including phenoxy) is 2. The zero-order chi connectivity index (χ0) is 17.8. The highest BCUT2D eigenvalue weighted by Gasteiger charge is 2.40. The van der Waals surface area contributed by atoms with E-state index in [1.165, 1.54) is 0 Å². The third-order valence-corrected chi connectivity index (χ3v) is 9.43. The minimum absolute atomic E-state index is 0.135. The van der Waals surface area contributed by atoms with Crippen LogP contribution in [0.2, 0.25) is 18.1 Å². The Hall–Kier alpha value is -1.14. The summed E-state index contributed by atoms with van der Waals surface area (Å²) in [6.45, 7) is 11.9. The SMILES string of the molecule is CC(C)(C)[Si](C)(C)OCC1OC=CC(O)C1OCc1ccccc1. The Morgan fingerprint density at radius 2 is 1.83 bits per heavy atom. The summed E-state index contributed by atoms with van der Waals surface area (Å²) in [7, 11) is -1.87. The van der Waals surface area contributed by atoms with Crippen LogP contribution in [0.4, 0.5) is 0 Å². The van der Waals surface area contributed by atoms with Crippen molar-refractivity contribution in [3.05, 3.63) is 48.2 Å². The predicted molar refractivity (Wildman–Crippen MR) is 98.2 cm³/mol. The quantitative estimate of drug-likeness (QED) is 0.791. The van der Waals surface area contributed by atoms with Crippen LogP contribution >= 0.6 is 0 Å². The molecule has 0 aromatic heterocycles. The zero-order valence-corrected chi connectivity index (χ0v) is 16.4. The lowest BCUT2D eigenvalue weighted by Crippen LogP contribution is -2.49. The molecule has 0 spiro atoms. The van der Waals surface area contributed by atoms with E-state index in [1.54, 1.807) is 12.3 Å². The van der Waals surface area contributed by atoms with Crippen LogP contribution in [-0.2, 0) is 20.5 Å². The van der Waals surface area contributed by atoms with Crippen molar-refractivity contribution in [2.45, 2.75) is 63.8 Å². The molecule has 3 unspecified atom stereocenters. The molecule has 0 saturated heterocycles. The first-order valence-electron chi connectivity index (χ1n) is 8.50. The predicted octanol–water partition coefficient (Wildman–Crippen LogP) is 3.87. The van der Waals surface area contributed by atoms with Crippen LogP contribution < -0.4 is 0 Å². The van der Waals surface area contributed by atoms with Crippen LogP contribution in [-0.4, -0.2) is 38.3 Å². The van der Waals surface area contributed by atoms with Crippen LogP contribution in [0.1, 0.15) is 26.3 Å². The fourth-order valence-electron chi connectivity index (χ4n) is 2.25. The van der Waals surface area contributed by atoms with Gasteiger partial charge in [-0.05, 0) is 29.8 Å². The number of aliphatic hydroxyl groups is 1. The summed E-state index contributed by atoms with van der Waals surface area (Å²) in [6, 6.07) is 9.94. The lowest BCUT2D eigenvalue weighted by atomic mass is 10.1. The molecule has 2 rings (SSSR count). The second kappa shape index (κ2) is 7.83. The maximum Gasteiger partial charge on any atom is 0.192 e. The minimum atomic E-state index is -1.87. The van der Waals surface area contributed by atoms with Crippen molar-refractivity contribution in [1.82, 2.24) is 0 Å². The molecule has 0 radical (unpaired) electrons. The molecular weight excluding hydrogens is 320 g/mol. The topological polar surface area (TPSA) is 47.9 Å². The first-order valence-corrected chi connectivity index (χ1v) is 11.4. The largest absolute Gasteiger partial charge is 0.493 e. The Labute approximate surface area is 146 Å². The zero-order valence-electron chi connectivity index (χ0n) is 15.4. The Morgan fingerprint density at radius 1 is 1.17 bits per heavy atom. The molecule has 4 nitrogen and oxygen atoms in total. The fourth-order valence-corrected chi connectivity index (χ4v) is 3.26. The summed E-state index contributed by atoms with van der Waals surface area (Å²) in [4.78, 5) is 0. The van der Waals surface area contributed by atoms with E-state index in [1.807, 2.05) is 30.3 Å². The molecular formula is C19H30O4Si. The van der Waals surface area contributed by atoms with Gasteiger partial charge in [0.05, 0.1) is 19.5 Å². The van der Waals surface area contributed by atoms with Gasteiger partial charge in [0.25, 0.3) is 0 Å². The first kappa shape index (κ1) is 19.2. The van der Waals surface area contributed by atoms with Crippen LogP contribution in [0.15, 0.2) is 42.7 Å². The number of hydrogen-bond acceptors (Lipinski definition) is 4. The fraction of sp³-hybridized carbons (Fsp3) is 0.579. The van der Waals surface area contributed by atoms with E-state index in [0.717, 1.165) is 5.56 Å². The standard InChI is InChI=1S/C19H30O4Si/c1-19(2,3)24(4,5)23-14-17-18(16(20)11-12-21-17)22-13-15-9-7-6-8-10-15/h6-12,16-18,20H,13-14H2,1-5H3. The van der Waals surface area contributed by atoms with Crippen molar-refractivity contribution in [3.8, 4) is 0 Å². The molecule has 24 heavy (non-hydrogen) atoms. The van der Waals surface area contributed by atoms with E-state index < -0.39 is 20.5 Å². The van der Waals surface area contributed by atoms with Gasteiger partial charge in [-0.3, -0.25) is 0 Å². The van der Waals surface area contributed by atoms with E-state index >= 15 is 0 Å². The van der Waals surface area contributed by atoms with E-state index in [4.69, 9.17) is 13.9 Å². The van der Waals surface area contributed by atoms with Gasteiger partial charge in [-0.25, -0.2) is 0 Å². The van der Waals surface area contributed by atoms with Crippen molar-refractivity contribution >= 4 is 8.32 Å². The maximum atomic E-state index is 10.3. The van der Waals surface area contributed by atoms with E-state index in [0.29, 0.717) is 13.2 Å². The number of aliphatic hydroxyl groups excluding tert-OH is 1. The monoisotopic (exact) mass is 350 g/mol. The molecule has 1 aromatic carbocycles. The highest BCUT2D eigenvalue weighted by Crippen LogP contribution is 2.37. The smallest absolute Gasteiger partial charge is 0.192 e. The number of rotatable bonds is 6. The molecule has 134 valence electrons. The van der Waals surface area contributed by atoms with Gasteiger partial charge in [-0.2, -0.15) is 0 Å². The molecule has 1 aromatic rings. The molecule has 1 heterocycles. The molecule has 0 aliphatic carbocycles. The Bertz CT molecular complexity index is 536. The molecule has 0 fully saturated rings. The van der Waals surface area contributed by atoms with Gasteiger partial charge in [0.1, 0.15) is 18.3 Å². The highest BCUT2D eigenvalue weighted by molar-refractivity contribution is 6.74. The van der Waals surface area contributed by atoms with Crippen LogP contribution in [0.3, 0.4) is 0 Å². The second-order valence-electron chi connectivity index (χ2n) is 7.83. The Kier molecular flexibility index (Phi) is 6.26. The maximum absolute atomic E-state index is 10.3. The third kappa shape index (κ3) is 4.93. The molecule has 0 saturated carbocycles. The van der Waals surface area contributed by atoms with Crippen molar-refractivity contribution < 1.29 is 19.0 Å². The third-order valence-electron chi connectivity index (χ3n) is 4.93. The lowest BCUT2D eigenvalue weighted by Gasteiger charge is -2.39. The normalized spacial score (nSPS) is 24.7. The van der Waals surface area contributed by atoms with Gasteiger partial charge in [-0.15, -0.1) is 0 Å². The van der Waals surface area contributed by atoms with Crippen LogP contribution in [0, 0.1) is 0 Å². The summed E-state index contributed by atoms with van der Waals surface area (Å²) in [5.41, 5.74) is 1.07. The average Bonchev–Trinajstić information content (AvgIpc) is 2.52. The van der Waals surface area contributed by atoms with Gasteiger partial charge in [0.15, 0.2) is 8.32 Å². The molecule has 0 bridgehead atoms. The molecule has 5 heteroatoms. The Morgan fingerprint density at radius 3 is 2.46 bits per heavy atom. The van der Waals surface area contributed by atoms with Gasteiger partial charge >= 0.3 is 0 Å². The first-order chi connectivity index (χ1) is 11.2. The van der Waals surface area contributed by atoms with Crippen molar-refractivity contribution in [2.24, 2.45) is 0 Å². The van der Waals surface area contributed by atoms with Gasteiger partial charge in [0.2, 0.25) is 0 Å². The lowest BCUT2D eigenvalue weighted by molar-refractivity contribution is -0.119. The van der Waals surface area contributed by atoms with E-state index in [2.05, 4.69) is 33.9 Å². The van der Waals surface area contributed by atoms with Crippen molar-refractivity contribution in [2.75, 3.05) is 6.61 Å². The van der Waals surface area contributed by atoms with Gasteiger partial charge in [0, 0.05) is 0 Å².